The van der Waals surface area contributed by atoms with Gasteiger partial charge in [0.05, 0.1) is 4.34 Å². The predicted molar refractivity (Wildman–Crippen MR) is 82.2 cm³/mol. The minimum atomic E-state index is -3.51. The molecule has 1 heterocycles. The van der Waals surface area contributed by atoms with Gasteiger partial charge < -0.3 is 0 Å². The molecular weight excluding hydrogens is 370 g/mol. The summed E-state index contributed by atoms with van der Waals surface area (Å²) in [5.41, 5.74) is 1.65. The molecule has 0 saturated heterocycles. The molecule has 1 N–H and O–H groups in total. The van der Waals surface area contributed by atoms with Crippen molar-refractivity contribution in [2.75, 3.05) is 0 Å². The Kier molecular flexibility index (Phi) is 4.68. The molecule has 1 aromatic carbocycles. The van der Waals surface area contributed by atoms with E-state index in [0.29, 0.717) is 4.34 Å². The number of rotatable bonds is 4. The molecule has 0 unspecified atom stereocenters. The molecule has 0 radical (unpaired) electrons. The lowest BCUT2D eigenvalue weighted by Gasteiger charge is -2.06. The highest BCUT2D eigenvalue weighted by Gasteiger charge is 2.18. The molecule has 0 aliphatic heterocycles. The minimum absolute atomic E-state index is 0.234. The Hall–Kier alpha value is -0.400. The van der Waals surface area contributed by atoms with E-state index in [-0.39, 0.29) is 10.8 Å². The second-order valence-electron chi connectivity index (χ2n) is 3.94. The number of benzene rings is 1. The molecule has 0 aliphatic carbocycles. The Morgan fingerprint density at radius 3 is 2.63 bits per heavy atom. The maximum absolute atomic E-state index is 12.1. The zero-order valence-electron chi connectivity index (χ0n) is 9.98. The monoisotopic (exact) mass is 379 g/mol. The van der Waals surface area contributed by atoms with E-state index in [0.717, 1.165) is 26.9 Å². The first-order valence-electron chi connectivity index (χ1n) is 5.39. The van der Waals surface area contributed by atoms with Crippen LogP contribution in [0.25, 0.3) is 0 Å². The standard InChI is InChI=1S/C12H11BrClNO2S2/c1-8-6-11(18-12(8)14)19(16,17)15-7-9-4-2-3-5-10(9)13/h2-6,15H,7H2,1H3. The van der Waals surface area contributed by atoms with Crippen LogP contribution in [-0.4, -0.2) is 8.42 Å². The van der Waals surface area contributed by atoms with Crippen molar-refractivity contribution in [1.82, 2.24) is 4.72 Å². The fraction of sp³-hybridized carbons (Fsp3) is 0.167. The SMILES string of the molecule is Cc1cc(S(=O)(=O)NCc2ccccc2Br)sc1Cl. The van der Waals surface area contributed by atoms with E-state index in [4.69, 9.17) is 11.6 Å². The van der Waals surface area contributed by atoms with Crippen LogP contribution in [0.4, 0.5) is 0 Å². The van der Waals surface area contributed by atoms with Crippen molar-refractivity contribution >= 4 is 48.9 Å². The lowest BCUT2D eigenvalue weighted by molar-refractivity contribution is 0.583. The van der Waals surface area contributed by atoms with Crippen LogP contribution in [0.2, 0.25) is 4.34 Å². The summed E-state index contributed by atoms with van der Waals surface area (Å²) in [7, 11) is -3.51. The molecule has 0 spiro atoms. The highest BCUT2D eigenvalue weighted by atomic mass is 79.9. The lowest BCUT2D eigenvalue weighted by atomic mass is 10.2. The number of hydrogen-bond donors (Lipinski definition) is 1. The molecule has 0 saturated carbocycles. The second-order valence-corrected chi connectivity index (χ2v) is 8.44. The van der Waals surface area contributed by atoms with Crippen LogP contribution in [0.3, 0.4) is 0 Å². The number of halogens is 2. The van der Waals surface area contributed by atoms with Crippen molar-refractivity contribution in [2.24, 2.45) is 0 Å². The number of aryl methyl sites for hydroxylation is 1. The van der Waals surface area contributed by atoms with Crippen LogP contribution >= 0.6 is 38.9 Å². The number of sulfonamides is 1. The highest BCUT2D eigenvalue weighted by molar-refractivity contribution is 9.10. The van der Waals surface area contributed by atoms with E-state index in [9.17, 15) is 8.42 Å². The Balaban J connectivity index is 2.17. The average molecular weight is 381 g/mol. The Bertz CT molecular complexity index is 678. The summed E-state index contributed by atoms with van der Waals surface area (Å²) in [5, 5.41) is 0. The summed E-state index contributed by atoms with van der Waals surface area (Å²) < 4.78 is 28.4. The normalized spacial score (nSPS) is 11.7. The predicted octanol–water partition coefficient (Wildman–Crippen LogP) is 3.95. The molecule has 3 nitrogen and oxygen atoms in total. The fourth-order valence-corrected chi connectivity index (χ4v) is 4.63. The van der Waals surface area contributed by atoms with Crippen molar-refractivity contribution < 1.29 is 8.42 Å². The van der Waals surface area contributed by atoms with Gasteiger partial charge in [0.1, 0.15) is 4.21 Å². The second kappa shape index (κ2) is 5.93. The van der Waals surface area contributed by atoms with E-state index in [1.54, 1.807) is 13.0 Å². The molecule has 0 aliphatic rings. The molecule has 0 atom stereocenters. The van der Waals surface area contributed by atoms with Crippen molar-refractivity contribution in [3.05, 3.63) is 50.3 Å². The summed E-state index contributed by atoms with van der Waals surface area (Å²) in [5.74, 6) is 0. The molecule has 0 amide bonds. The van der Waals surface area contributed by atoms with Crippen LogP contribution in [-0.2, 0) is 16.6 Å². The first-order valence-corrected chi connectivity index (χ1v) is 8.86. The van der Waals surface area contributed by atoms with E-state index in [2.05, 4.69) is 20.7 Å². The maximum Gasteiger partial charge on any atom is 0.250 e. The highest BCUT2D eigenvalue weighted by Crippen LogP contribution is 2.30. The molecule has 19 heavy (non-hydrogen) atoms. The third-order valence-electron chi connectivity index (χ3n) is 2.51. The number of hydrogen-bond acceptors (Lipinski definition) is 3. The van der Waals surface area contributed by atoms with Crippen molar-refractivity contribution in [2.45, 2.75) is 17.7 Å². The van der Waals surface area contributed by atoms with Crippen LogP contribution in [0, 0.1) is 6.92 Å². The Morgan fingerprint density at radius 2 is 2.05 bits per heavy atom. The summed E-state index contributed by atoms with van der Waals surface area (Å²) in [6, 6.07) is 9.05. The smallest absolute Gasteiger partial charge is 0.206 e. The van der Waals surface area contributed by atoms with Crippen LogP contribution in [0.15, 0.2) is 39.0 Å². The summed E-state index contributed by atoms with van der Waals surface area (Å²) >= 11 is 10.3. The molecular formula is C12H11BrClNO2S2. The molecule has 2 aromatic rings. The van der Waals surface area contributed by atoms with Crippen LogP contribution in [0.5, 0.6) is 0 Å². The van der Waals surface area contributed by atoms with Gasteiger partial charge in [-0.25, -0.2) is 13.1 Å². The third kappa shape index (κ3) is 3.58. The zero-order chi connectivity index (χ0) is 14.0. The van der Waals surface area contributed by atoms with Gasteiger partial charge in [-0.15, -0.1) is 11.3 Å². The van der Waals surface area contributed by atoms with Crippen molar-refractivity contribution in [3.63, 3.8) is 0 Å². The van der Waals surface area contributed by atoms with E-state index < -0.39 is 10.0 Å². The third-order valence-corrected chi connectivity index (χ3v) is 6.71. The zero-order valence-corrected chi connectivity index (χ0v) is 14.0. The fourth-order valence-electron chi connectivity index (χ4n) is 1.45. The Morgan fingerprint density at radius 1 is 1.37 bits per heavy atom. The van der Waals surface area contributed by atoms with Gasteiger partial charge in [-0.2, -0.15) is 0 Å². The van der Waals surface area contributed by atoms with Gasteiger partial charge in [0, 0.05) is 11.0 Å². The topological polar surface area (TPSA) is 46.2 Å². The first kappa shape index (κ1) is 15.0. The quantitative estimate of drug-likeness (QED) is 0.873. The molecule has 0 bridgehead atoms. The number of nitrogens with one attached hydrogen (secondary N) is 1. The molecule has 0 fully saturated rings. The number of thiophene rings is 1. The summed E-state index contributed by atoms with van der Waals surface area (Å²) in [6.45, 7) is 2.02. The first-order chi connectivity index (χ1) is 8.90. The van der Waals surface area contributed by atoms with E-state index >= 15 is 0 Å². The molecule has 102 valence electrons. The molecule has 2 rings (SSSR count). The minimum Gasteiger partial charge on any atom is -0.206 e. The van der Waals surface area contributed by atoms with Gasteiger partial charge in [-0.1, -0.05) is 45.7 Å². The lowest BCUT2D eigenvalue weighted by Crippen LogP contribution is -2.22. The summed E-state index contributed by atoms with van der Waals surface area (Å²) in [4.78, 5) is 0. The largest absolute Gasteiger partial charge is 0.250 e. The van der Waals surface area contributed by atoms with Gasteiger partial charge in [0.25, 0.3) is 0 Å². The maximum atomic E-state index is 12.1. The van der Waals surface area contributed by atoms with Gasteiger partial charge in [-0.05, 0) is 30.2 Å². The van der Waals surface area contributed by atoms with Crippen molar-refractivity contribution in [3.8, 4) is 0 Å². The Labute approximate surface area is 129 Å². The van der Waals surface area contributed by atoms with Gasteiger partial charge in [-0.3, -0.25) is 0 Å². The summed E-state index contributed by atoms with van der Waals surface area (Å²) in [6.07, 6.45) is 0. The molecule has 7 heteroatoms. The van der Waals surface area contributed by atoms with E-state index in [1.807, 2.05) is 24.3 Å². The van der Waals surface area contributed by atoms with Crippen molar-refractivity contribution in [1.29, 1.82) is 0 Å². The van der Waals surface area contributed by atoms with Gasteiger partial charge in [0.2, 0.25) is 10.0 Å². The van der Waals surface area contributed by atoms with Gasteiger partial charge >= 0.3 is 0 Å². The van der Waals surface area contributed by atoms with E-state index in [1.165, 1.54) is 0 Å². The van der Waals surface area contributed by atoms with Crippen LogP contribution < -0.4 is 4.72 Å². The average Bonchev–Trinajstić information content (AvgIpc) is 2.70. The van der Waals surface area contributed by atoms with Crippen LogP contribution in [0.1, 0.15) is 11.1 Å². The van der Waals surface area contributed by atoms with Gasteiger partial charge in [0.15, 0.2) is 0 Å². The molecule has 1 aromatic heterocycles.